The fraction of sp³-hybridized carbons (Fsp3) is 0.133. The van der Waals surface area contributed by atoms with Gasteiger partial charge in [-0.25, -0.2) is 0 Å². The van der Waals surface area contributed by atoms with E-state index in [0.717, 1.165) is 16.9 Å². The Morgan fingerprint density at radius 3 is 2.39 bits per heavy atom. The zero-order valence-corrected chi connectivity index (χ0v) is 10.2. The van der Waals surface area contributed by atoms with Crippen molar-refractivity contribution < 1.29 is 9.53 Å². The molecule has 3 nitrogen and oxygen atoms in total. The number of hydrogen-bond donors (Lipinski definition) is 1. The van der Waals surface area contributed by atoms with Gasteiger partial charge in [0, 0.05) is 5.56 Å². The number of aryl methyl sites for hydroxylation is 1. The Labute approximate surface area is 106 Å². The Bertz CT molecular complexity index is 547. The van der Waals surface area contributed by atoms with E-state index in [0.29, 0.717) is 12.2 Å². The van der Waals surface area contributed by atoms with Crippen molar-refractivity contribution in [2.45, 2.75) is 13.5 Å². The van der Waals surface area contributed by atoms with Crippen LogP contribution >= 0.6 is 0 Å². The monoisotopic (exact) mass is 241 g/mol. The summed E-state index contributed by atoms with van der Waals surface area (Å²) in [5, 5.41) is 0. The highest BCUT2D eigenvalue weighted by atomic mass is 16.5. The number of para-hydroxylation sites is 1. The average molecular weight is 241 g/mol. The molecule has 0 saturated heterocycles. The summed E-state index contributed by atoms with van der Waals surface area (Å²) in [6, 6.07) is 15.0. The fourth-order valence-electron chi connectivity index (χ4n) is 1.64. The number of benzene rings is 2. The fourth-order valence-corrected chi connectivity index (χ4v) is 1.64. The maximum Gasteiger partial charge on any atom is 0.248 e. The third kappa shape index (κ3) is 2.88. The number of carbonyl (C=O) groups is 1. The molecule has 0 aliphatic carbocycles. The van der Waals surface area contributed by atoms with Gasteiger partial charge in [-0.3, -0.25) is 4.79 Å². The molecule has 0 aliphatic heterocycles. The standard InChI is InChI=1S/C15H15NO2/c1-11-4-2-3-5-14(11)18-10-12-6-8-13(9-7-12)15(16)17/h2-9H,10H2,1H3,(H2,16,17). The van der Waals surface area contributed by atoms with Gasteiger partial charge in [0.05, 0.1) is 0 Å². The average Bonchev–Trinajstić information content (AvgIpc) is 2.38. The van der Waals surface area contributed by atoms with Crippen LogP contribution in [0.15, 0.2) is 48.5 Å². The van der Waals surface area contributed by atoms with E-state index in [4.69, 9.17) is 10.5 Å². The maximum absolute atomic E-state index is 10.9. The highest BCUT2D eigenvalue weighted by Gasteiger charge is 2.01. The van der Waals surface area contributed by atoms with E-state index in [1.165, 1.54) is 0 Å². The van der Waals surface area contributed by atoms with E-state index in [1.807, 2.05) is 43.3 Å². The molecule has 1 amide bonds. The Morgan fingerprint density at radius 2 is 1.78 bits per heavy atom. The van der Waals surface area contributed by atoms with Crippen molar-refractivity contribution in [2.24, 2.45) is 5.73 Å². The van der Waals surface area contributed by atoms with Gasteiger partial charge in [0.1, 0.15) is 12.4 Å². The summed E-state index contributed by atoms with van der Waals surface area (Å²) in [6.45, 7) is 2.48. The topological polar surface area (TPSA) is 52.3 Å². The van der Waals surface area contributed by atoms with Crippen LogP contribution in [0, 0.1) is 6.92 Å². The number of hydrogen-bond acceptors (Lipinski definition) is 2. The molecular formula is C15H15NO2. The SMILES string of the molecule is Cc1ccccc1OCc1ccc(C(N)=O)cc1. The molecule has 3 heteroatoms. The molecule has 2 aromatic carbocycles. The van der Waals surface area contributed by atoms with E-state index in [9.17, 15) is 4.79 Å². The van der Waals surface area contributed by atoms with Crippen LogP contribution in [0.4, 0.5) is 0 Å². The van der Waals surface area contributed by atoms with Crippen LogP contribution in [0.5, 0.6) is 5.75 Å². The van der Waals surface area contributed by atoms with Crippen LogP contribution in [-0.4, -0.2) is 5.91 Å². The van der Waals surface area contributed by atoms with Crippen molar-refractivity contribution in [2.75, 3.05) is 0 Å². The quantitative estimate of drug-likeness (QED) is 0.894. The number of nitrogens with two attached hydrogens (primary N) is 1. The van der Waals surface area contributed by atoms with Gasteiger partial charge in [0.25, 0.3) is 0 Å². The summed E-state index contributed by atoms with van der Waals surface area (Å²) >= 11 is 0. The number of carbonyl (C=O) groups excluding carboxylic acids is 1. The minimum Gasteiger partial charge on any atom is -0.489 e. The number of ether oxygens (including phenoxy) is 1. The van der Waals surface area contributed by atoms with Gasteiger partial charge in [-0.15, -0.1) is 0 Å². The van der Waals surface area contributed by atoms with Gasteiger partial charge >= 0.3 is 0 Å². The molecule has 0 saturated carbocycles. The highest BCUT2D eigenvalue weighted by Crippen LogP contribution is 2.17. The lowest BCUT2D eigenvalue weighted by Gasteiger charge is -2.08. The summed E-state index contributed by atoms with van der Waals surface area (Å²) in [5.74, 6) is 0.456. The van der Waals surface area contributed by atoms with E-state index >= 15 is 0 Å². The van der Waals surface area contributed by atoms with Gasteiger partial charge in [0.15, 0.2) is 0 Å². The lowest BCUT2D eigenvalue weighted by atomic mass is 10.1. The molecule has 0 aromatic heterocycles. The van der Waals surface area contributed by atoms with Crippen molar-refractivity contribution >= 4 is 5.91 Å². The Morgan fingerprint density at radius 1 is 1.11 bits per heavy atom. The zero-order valence-electron chi connectivity index (χ0n) is 10.2. The van der Waals surface area contributed by atoms with Gasteiger partial charge in [-0.1, -0.05) is 30.3 Å². The molecule has 2 N–H and O–H groups in total. The predicted octanol–water partition coefficient (Wildman–Crippen LogP) is 2.67. The lowest BCUT2D eigenvalue weighted by Crippen LogP contribution is -2.10. The van der Waals surface area contributed by atoms with Gasteiger partial charge < -0.3 is 10.5 Å². The lowest BCUT2D eigenvalue weighted by molar-refractivity contribution is 0.1000. The molecule has 0 radical (unpaired) electrons. The zero-order chi connectivity index (χ0) is 13.0. The van der Waals surface area contributed by atoms with Gasteiger partial charge in [-0.05, 0) is 36.2 Å². The van der Waals surface area contributed by atoms with E-state index < -0.39 is 5.91 Å². The van der Waals surface area contributed by atoms with Crippen LogP contribution in [0.2, 0.25) is 0 Å². The van der Waals surface area contributed by atoms with Crippen LogP contribution in [0.1, 0.15) is 21.5 Å². The van der Waals surface area contributed by atoms with Gasteiger partial charge in [-0.2, -0.15) is 0 Å². The molecule has 0 bridgehead atoms. The summed E-state index contributed by atoms with van der Waals surface area (Å²) in [5.41, 5.74) is 7.79. The summed E-state index contributed by atoms with van der Waals surface area (Å²) in [4.78, 5) is 10.9. The Kier molecular flexibility index (Phi) is 3.63. The van der Waals surface area contributed by atoms with Crippen LogP contribution in [0.3, 0.4) is 0 Å². The third-order valence-corrected chi connectivity index (χ3v) is 2.73. The molecule has 0 atom stereocenters. The first-order chi connectivity index (χ1) is 8.66. The molecule has 0 heterocycles. The highest BCUT2D eigenvalue weighted by molar-refractivity contribution is 5.92. The summed E-state index contributed by atoms with van der Waals surface area (Å²) in [7, 11) is 0. The number of primary amides is 1. The molecule has 0 fully saturated rings. The first kappa shape index (κ1) is 12.2. The largest absolute Gasteiger partial charge is 0.489 e. The van der Waals surface area contributed by atoms with E-state index in [-0.39, 0.29) is 0 Å². The van der Waals surface area contributed by atoms with Crippen LogP contribution < -0.4 is 10.5 Å². The Balaban J connectivity index is 2.02. The molecule has 0 unspecified atom stereocenters. The van der Waals surface area contributed by atoms with Crippen LogP contribution in [0.25, 0.3) is 0 Å². The van der Waals surface area contributed by atoms with Gasteiger partial charge in [0.2, 0.25) is 5.91 Å². The minimum absolute atomic E-state index is 0.415. The second-order valence-corrected chi connectivity index (χ2v) is 4.12. The second kappa shape index (κ2) is 5.36. The summed E-state index contributed by atoms with van der Waals surface area (Å²) < 4.78 is 5.71. The smallest absolute Gasteiger partial charge is 0.248 e. The minimum atomic E-state index is -0.415. The summed E-state index contributed by atoms with van der Waals surface area (Å²) in [6.07, 6.45) is 0. The molecule has 0 spiro atoms. The van der Waals surface area contributed by atoms with Crippen LogP contribution in [-0.2, 0) is 6.61 Å². The normalized spacial score (nSPS) is 10.1. The first-order valence-electron chi connectivity index (χ1n) is 5.74. The van der Waals surface area contributed by atoms with Crippen molar-refractivity contribution in [1.82, 2.24) is 0 Å². The molecule has 18 heavy (non-hydrogen) atoms. The third-order valence-electron chi connectivity index (χ3n) is 2.73. The Hall–Kier alpha value is -2.29. The first-order valence-corrected chi connectivity index (χ1v) is 5.74. The van der Waals surface area contributed by atoms with Crippen molar-refractivity contribution in [3.63, 3.8) is 0 Å². The molecular weight excluding hydrogens is 226 g/mol. The maximum atomic E-state index is 10.9. The number of rotatable bonds is 4. The molecule has 2 rings (SSSR count). The predicted molar refractivity (Wildman–Crippen MR) is 70.5 cm³/mol. The molecule has 2 aromatic rings. The van der Waals surface area contributed by atoms with Crippen molar-refractivity contribution in [3.8, 4) is 5.75 Å². The van der Waals surface area contributed by atoms with E-state index in [2.05, 4.69) is 0 Å². The molecule has 0 aliphatic rings. The second-order valence-electron chi connectivity index (χ2n) is 4.12. The van der Waals surface area contributed by atoms with E-state index in [1.54, 1.807) is 12.1 Å². The number of amides is 1. The molecule has 92 valence electrons. The van der Waals surface area contributed by atoms with Crippen molar-refractivity contribution in [1.29, 1.82) is 0 Å². The van der Waals surface area contributed by atoms with Crippen molar-refractivity contribution in [3.05, 3.63) is 65.2 Å².